The molecular weight excluding hydrogens is 362 g/mol. The molecule has 0 saturated carbocycles. The first kappa shape index (κ1) is 19.1. The van der Waals surface area contributed by atoms with Crippen LogP contribution in [0, 0.1) is 0 Å². The number of rotatable bonds is 6. The van der Waals surface area contributed by atoms with Crippen molar-refractivity contribution in [2.45, 2.75) is 11.3 Å². The number of halogens is 1. The third-order valence-corrected chi connectivity index (χ3v) is 5.02. The number of hydrogen-bond donors (Lipinski definition) is 0. The molecule has 0 aliphatic rings. The van der Waals surface area contributed by atoms with Crippen molar-refractivity contribution in [3.63, 3.8) is 0 Å². The Morgan fingerprint density at radius 1 is 1.08 bits per heavy atom. The van der Waals surface area contributed by atoms with E-state index < -0.39 is 9.84 Å². The minimum Gasteiger partial charge on any atom is -0.338 e. The van der Waals surface area contributed by atoms with Gasteiger partial charge >= 0.3 is 0 Å². The zero-order valence-electron chi connectivity index (χ0n) is 13.9. The lowest BCUT2D eigenvalue weighted by Gasteiger charge is -2.16. The summed E-state index contributed by atoms with van der Waals surface area (Å²) >= 11 is 5.90. The monoisotopic (exact) mass is 379 g/mol. The van der Waals surface area contributed by atoms with Crippen LogP contribution >= 0.6 is 11.6 Å². The van der Waals surface area contributed by atoms with Gasteiger partial charge in [0.1, 0.15) is 0 Å². The van der Waals surface area contributed by atoms with E-state index >= 15 is 0 Å². The number of sulfone groups is 1. The quantitative estimate of drug-likeness (QED) is 0.723. The van der Waals surface area contributed by atoms with Gasteiger partial charge in [0.2, 0.25) is 5.91 Å². The molecule has 0 aliphatic heterocycles. The molecule has 0 saturated heterocycles. The summed E-state index contributed by atoms with van der Waals surface area (Å²) in [4.78, 5) is 26.0. The zero-order valence-corrected chi connectivity index (χ0v) is 15.5. The van der Waals surface area contributed by atoms with Crippen LogP contribution in [0.1, 0.15) is 15.9 Å². The van der Waals surface area contributed by atoms with Crippen LogP contribution in [0.3, 0.4) is 0 Å². The molecule has 0 fully saturated rings. The summed E-state index contributed by atoms with van der Waals surface area (Å²) in [6, 6.07) is 12.7. The lowest BCUT2D eigenvalue weighted by Crippen LogP contribution is -2.33. The third kappa shape index (κ3) is 5.41. The van der Waals surface area contributed by atoms with Gasteiger partial charge < -0.3 is 4.90 Å². The average molecular weight is 380 g/mol. The maximum absolute atomic E-state index is 12.3. The standard InChI is InChI=1S/C18H18ClNO4S/c1-20(18(22)11-13-4-3-5-15(19)10-13)12-17(21)14-6-8-16(9-7-14)25(2,23)24/h3-10H,11-12H2,1-2H3. The van der Waals surface area contributed by atoms with E-state index in [9.17, 15) is 18.0 Å². The molecule has 0 N–H and O–H groups in total. The van der Waals surface area contributed by atoms with Gasteiger partial charge in [0.25, 0.3) is 0 Å². The van der Waals surface area contributed by atoms with Crippen LogP contribution in [-0.2, 0) is 21.1 Å². The molecule has 5 nitrogen and oxygen atoms in total. The van der Waals surface area contributed by atoms with Crippen LogP contribution in [0.15, 0.2) is 53.4 Å². The highest BCUT2D eigenvalue weighted by Crippen LogP contribution is 2.13. The van der Waals surface area contributed by atoms with Gasteiger partial charge in [-0.2, -0.15) is 0 Å². The molecule has 0 heterocycles. The van der Waals surface area contributed by atoms with Crippen molar-refractivity contribution in [1.29, 1.82) is 0 Å². The molecule has 0 bridgehead atoms. The van der Waals surface area contributed by atoms with Gasteiger partial charge in [-0.25, -0.2) is 8.42 Å². The zero-order chi connectivity index (χ0) is 18.6. The highest BCUT2D eigenvalue weighted by Gasteiger charge is 2.16. The van der Waals surface area contributed by atoms with Crippen LogP contribution < -0.4 is 0 Å². The maximum Gasteiger partial charge on any atom is 0.227 e. The second-order valence-electron chi connectivity index (χ2n) is 5.78. The summed E-state index contributed by atoms with van der Waals surface area (Å²) < 4.78 is 22.9. The lowest BCUT2D eigenvalue weighted by atomic mass is 10.1. The van der Waals surface area contributed by atoms with E-state index in [0.29, 0.717) is 10.6 Å². The van der Waals surface area contributed by atoms with Crippen molar-refractivity contribution in [3.8, 4) is 0 Å². The van der Waals surface area contributed by atoms with Crippen molar-refractivity contribution < 1.29 is 18.0 Å². The molecule has 2 rings (SSSR count). The second-order valence-corrected chi connectivity index (χ2v) is 8.23. The summed E-state index contributed by atoms with van der Waals surface area (Å²) in [5, 5.41) is 0.551. The Morgan fingerprint density at radius 3 is 2.28 bits per heavy atom. The number of amides is 1. The molecule has 0 aliphatic carbocycles. The summed E-state index contributed by atoms with van der Waals surface area (Å²) in [5.41, 5.74) is 1.13. The fourth-order valence-corrected chi connectivity index (χ4v) is 3.08. The van der Waals surface area contributed by atoms with Crippen molar-refractivity contribution in [2.75, 3.05) is 19.8 Å². The first-order chi connectivity index (χ1) is 11.7. The highest BCUT2D eigenvalue weighted by atomic mass is 35.5. The van der Waals surface area contributed by atoms with Gasteiger partial charge in [-0.05, 0) is 29.8 Å². The number of hydrogen-bond acceptors (Lipinski definition) is 4. The van der Waals surface area contributed by atoms with Gasteiger partial charge in [0, 0.05) is 23.9 Å². The molecule has 132 valence electrons. The number of Topliss-reactive ketones (excluding diaryl/α,β-unsaturated/α-hetero) is 1. The molecule has 0 radical (unpaired) electrons. The molecule has 7 heteroatoms. The Balaban J connectivity index is 2.00. The van der Waals surface area contributed by atoms with Crippen molar-refractivity contribution >= 4 is 33.1 Å². The third-order valence-electron chi connectivity index (χ3n) is 3.66. The van der Waals surface area contributed by atoms with Gasteiger partial charge in [-0.1, -0.05) is 35.9 Å². The fourth-order valence-electron chi connectivity index (χ4n) is 2.24. The molecule has 0 aromatic heterocycles. The predicted octanol–water partition coefficient (Wildman–Crippen LogP) is 2.63. The molecule has 1 amide bonds. The van der Waals surface area contributed by atoms with Gasteiger partial charge in [-0.15, -0.1) is 0 Å². The van der Waals surface area contributed by atoms with Crippen LogP contribution in [0.4, 0.5) is 0 Å². The van der Waals surface area contributed by atoms with Crippen molar-refractivity contribution in [2.24, 2.45) is 0 Å². The summed E-state index contributed by atoms with van der Waals surface area (Å²) in [6.07, 6.45) is 1.25. The first-order valence-electron chi connectivity index (χ1n) is 7.48. The first-order valence-corrected chi connectivity index (χ1v) is 9.75. The molecule has 2 aromatic carbocycles. The largest absolute Gasteiger partial charge is 0.338 e. The van der Waals surface area contributed by atoms with E-state index in [0.717, 1.165) is 11.8 Å². The molecule has 25 heavy (non-hydrogen) atoms. The van der Waals surface area contributed by atoms with Crippen LogP contribution in [-0.4, -0.2) is 44.9 Å². The van der Waals surface area contributed by atoms with E-state index in [1.807, 2.05) is 0 Å². The Hall–Kier alpha value is -2.18. The van der Waals surface area contributed by atoms with Crippen LogP contribution in [0.5, 0.6) is 0 Å². The van der Waals surface area contributed by atoms with Gasteiger partial charge in [0.05, 0.1) is 17.9 Å². The number of nitrogens with zero attached hydrogens (tertiary/aromatic N) is 1. The van der Waals surface area contributed by atoms with Crippen molar-refractivity contribution in [3.05, 3.63) is 64.7 Å². The van der Waals surface area contributed by atoms with E-state index in [-0.39, 0.29) is 29.6 Å². The van der Waals surface area contributed by atoms with Crippen LogP contribution in [0.25, 0.3) is 0 Å². The summed E-state index contributed by atoms with van der Waals surface area (Å²) in [5.74, 6) is -0.467. The fraction of sp³-hybridized carbons (Fsp3) is 0.222. The second kappa shape index (κ2) is 7.80. The normalized spacial score (nSPS) is 11.2. The summed E-state index contributed by atoms with van der Waals surface area (Å²) in [6.45, 7) is -0.0857. The van der Waals surface area contributed by atoms with Gasteiger partial charge in [0.15, 0.2) is 15.6 Å². The summed E-state index contributed by atoms with van der Waals surface area (Å²) in [7, 11) is -1.76. The highest BCUT2D eigenvalue weighted by molar-refractivity contribution is 7.90. The Kier molecular flexibility index (Phi) is 5.98. The molecule has 0 spiro atoms. The molecule has 2 aromatic rings. The minimum absolute atomic E-state index is 0.0857. The number of carbonyl (C=O) groups excluding carboxylic acids is 2. The SMILES string of the molecule is CN(CC(=O)c1ccc(S(C)(=O)=O)cc1)C(=O)Cc1cccc(Cl)c1. The smallest absolute Gasteiger partial charge is 0.227 e. The van der Waals surface area contributed by atoms with Crippen LogP contribution in [0.2, 0.25) is 5.02 Å². The number of likely N-dealkylation sites (N-methyl/N-ethyl adjacent to an activating group) is 1. The number of carbonyl (C=O) groups is 2. The van der Waals surface area contributed by atoms with E-state index in [1.165, 1.54) is 29.2 Å². The molecule has 0 atom stereocenters. The van der Waals surface area contributed by atoms with E-state index in [4.69, 9.17) is 11.6 Å². The van der Waals surface area contributed by atoms with E-state index in [1.54, 1.807) is 31.3 Å². The van der Waals surface area contributed by atoms with Crippen molar-refractivity contribution in [1.82, 2.24) is 4.90 Å². The Morgan fingerprint density at radius 2 is 1.72 bits per heavy atom. The topological polar surface area (TPSA) is 71.5 Å². The average Bonchev–Trinajstić information content (AvgIpc) is 2.54. The Labute approximate surface area is 152 Å². The number of benzene rings is 2. The maximum atomic E-state index is 12.3. The molecule has 0 unspecified atom stereocenters. The predicted molar refractivity (Wildman–Crippen MR) is 96.7 cm³/mol. The number of ketones is 1. The van der Waals surface area contributed by atoms with Gasteiger partial charge in [-0.3, -0.25) is 9.59 Å². The van der Waals surface area contributed by atoms with E-state index in [2.05, 4.69) is 0 Å². The lowest BCUT2D eigenvalue weighted by molar-refractivity contribution is -0.128. The Bertz CT molecular complexity index is 892. The molecular formula is C18H18ClNO4S. The minimum atomic E-state index is -3.31.